The van der Waals surface area contributed by atoms with Crippen LogP contribution < -0.4 is 0 Å². The van der Waals surface area contributed by atoms with E-state index in [1.165, 1.54) is 19.3 Å². The lowest BCUT2D eigenvalue weighted by Crippen LogP contribution is -2.23. The van der Waals surface area contributed by atoms with Crippen molar-refractivity contribution >= 4 is 13.9 Å². The van der Waals surface area contributed by atoms with Gasteiger partial charge < -0.3 is 4.79 Å². The second-order valence-electron chi connectivity index (χ2n) is 5.09. The van der Waals surface area contributed by atoms with E-state index in [0.29, 0.717) is 5.78 Å². The van der Waals surface area contributed by atoms with Crippen molar-refractivity contribution in [3.8, 4) is 0 Å². The Hall–Kier alpha value is -0.113. The Balaban J connectivity index is 3.41. The number of carbonyl (C=O) groups excluding carboxylic acids is 1. The van der Waals surface area contributed by atoms with E-state index >= 15 is 0 Å². The van der Waals surface area contributed by atoms with Gasteiger partial charge in [0.1, 0.15) is 5.78 Å². The summed E-state index contributed by atoms with van der Waals surface area (Å²) < 4.78 is 0. The number of Topliss-reactive ketones (excluding diaryl/α,β-unsaturated/α-hetero) is 1. The molecule has 0 aromatic carbocycles. The van der Waals surface area contributed by atoms with Crippen LogP contribution in [0, 0.1) is 0 Å². The number of rotatable bonds is 7. The molecule has 0 atom stereocenters. The molecule has 0 aliphatic rings. The molecular formula is C11H24OSi. The van der Waals surface area contributed by atoms with Gasteiger partial charge in [-0.15, -0.1) is 0 Å². The monoisotopic (exact) mass is 200 g/mol. The largest absolute Gasteiger partial charge is 0.300 e. The zero-order valence-electron chi connectivity index (χ0n) is 9.65. The normalized spacial score (nSPS) is 11.7. The SMILES string of the molecule is CCCCCCC(=O)C[Si](C)(C)C. The zero-order chi connectivity index (χ0) is 10.3. The molecule has 0 amide bonds. The first-order valence-electron chi connectivity index (χ1n) is 5.47. The number of unbranched alkanes of at least 4 members (excludes halogenated alkanes) is 3. The van der Waals surface area contributed by atoms with E-state index < -0.39 is 8.07 Å². The molecule has 0 spiro atoms. The minimum Gasteiger partial charge on any atom is -0.300 e. The van der Waals surface area contributed by atoms with Gasteiger partial charge in [-0.05, 0) is 6.42 Å². The first kappa shape index (κ1) is 12.9. The van der Waals surface area contributed by atoms with Gasteiger partial charge >= 0.3 is 0 Å². The van der Waals surface area contributed by atoms with E-state index in [9.17, 15) is 4.79 Å². The summed E-state index contributed by atoms with van der Waals surface area (Å²) in [5, 5.41) is 0. The van der Waals surface area contributed by atoms with Gasteiger partial charge in [-0.3, -0.25) is 0 Å². The summed E-state index contributed by atoms with van der Waals surface area (Å²) in [4.78, 5) is 11.5. The molecule has 0 bridgehead atoms. The van der Waals surface area contributed by atoms with Crippen molar-refractivity contribution in [2.24, 2.45) is 0 Å². The summed E-state index contributed by atoms with van der Waals surface area (Å²) in [6.45, 7) is 8.98. The number of hydrogen-bond acceptors (Lipinski definition) is 1. The fourth-order valence-electron chi connectivity index (χ4n) is 1.43. The van der Waals surface area contributed by atoms with E-state index in [2.05, 4.69) is 26.6 Å². The molecule has 0 aliphatic carbocycles. The maximum atomic E-state index is 11.5. The average Bonchev–Trinajstić information content (AvgIpc) is 1.94. The van der Waals surface area contributed by atoms with Gasteiger partial charge in [-0.25, -0.2) is 0 Å². The summed E-state index contributed by atoms with van der Waals surface area (Å²) in [5.41, 5.74) is 0. The second-order valence-corrected chi connectivity index (χ2v) is 10.6. The van der Waals surface area contributed by atoms with Crippen LogP contribution in [0.3, 0.4) is 0 Å². The van der Waals surface area contributed by atoms with Gasteiger partial charge in [0.05, 0.1) is 8.07 Å². The minimum absolute atomic E-state index is 0.496. The summed E-state index contributed by atoms with van der Waals surface area (Å²) in [6.07, 6.45) is 5.69. The van der Waals surface area contributed by atoms with E-state index in [0.717, 1.165) is 18.9 Å². The molecule has 0 aliphatic heterocycles. The van der Waals surface area contributed by atoms with Crippen LogP contribution in [0.1, 0.15) is 39.0 Å². The Labute approximate surface area is 83.9 Å². The molecule has 0 saturated carbocycles. The fourth-order valence-corrected chi connectivity index (χ4v) is 2.79. The highest BCUT2D eigenvalue weighted by atomic mass is 28.3. The highest BCUT2D eigenvalue weighted by Crippen LogP contribution is 2.12. The van der Waals surface area contributed by atoms with Crippen LogP contribution in [0.5, 0.6) is 0 Å². The summed E-state index contributed by atoms with van der Waals surface area (Å²) in [6, 6.07) is 0.874. The van der Waals surface area contributed by atoms with Gasteiger partial charge in [0, 0.05) is 12.5 Å². The van der Waals surface area contributed by atoms with Crippen LogP contribution in [0.15, 0.2) is 0 Å². The van der Waals surface area contributed by atoms with E-state index in [-0.39, 0.29) is 0 Å². The standard InChI is InChI=1S/C11H24OSi/c1-5-6-7-8-9-11(12)10-13(2,3)4/h5-10H2,1-4H3. The summed E-state index contributed by atoms with van der Waals surface area (Å²) in [7, 11) is -1.14. The molecule has 0 fully saturated rings. The molecule has 2 heteroatoms. The fraction of sp³-hybridized carbons (Fsp3) is 0.909. The number of ketones is 1. The highest BCUT2D eigenvalue weighted by Gasteiger charge is 2.17. The Morgan fingerprint density at radius 1 is 1.08 bits per heavy atom. The Kier molecular flexibility index (Phi) is 6.30. The lowest BCUT2D eigenvalue weighted by atomic mass is 10.1. The molecule has 1 nitrogen and oxygen atoms in total. The van der Waals surface area contributed by atoms with Gasteiger partial charge in [0.2, 0.25) is 0 Å². The van der Waals surface area contributed by atoms with E-state index in [1.807, 2.05) is 0 Å². The first-order valence-corrected chi connectivity index (χ1v) is 9.18. The average molecular weight is 200 g/mol. The van der Waals surface area contributed by atoms with Crippen molar-refractivity contribution in [2.45, 2.75) is 64.7 Å². The molecule has 0 unspecified atom stereocenters. The molecule has 0 heterocycles. The Morgan fingerprint density at radius 2 is 1.69 bits per heavy atom. The number of carbonyl (C=O) groups is 1. The van der Waals surface area contributed by atoms with Crippen LogP contribution in [-0.4, -0.2) is 13.9 Å². The van der Waals surface area contributed by atoms with Crippen molar-refractivity contribution < 1.29 is 4.79 Å². The van der Waals surface area contributed by atoms with Crippen molar-refractivity contribution in [1.29, 1.82) is 0 Å². The molecule has 0 saturated heterocycles. The third-order valence-corrected chi connectivity index (χ3v) is 3.49. The molecule has 0 radical (unpaired) electrons. The third kappa shape index (κ3) is 9.80. The Bertz CT molecular complexity index is 147. The highest BCUT2D eigenvalue weighted by molar-refractivity contribution is 6.78. The smallest absolute Gasteiger partial charge is 0.130 e. The quantitative estimate of drug-likeness (QED) is 0.450. The van der Waals surface area contributed by atoms with Crippen molar-refractivity contribution in [2.75, 3.05) is 0 Å². The molecule has 0 rings (SSSR count). The minimum atomic E-state index is -1.14. The maximum absolute atomic E-state index is 11.5. The summed E-state index contributed by atoms with van der Waals surface area (Å²) >= 11 is 0. The van der Waals surface area contributed by atoms with E-state index in [1.54, 1.807) is 0 Å². The zero-order valence-corrected chi connectivity index (χ0v) is 10.7. The van der Waals surface area contributed by atoms with Gasteiger partial charge in [-0.2, -0.15) is 0 Å². The van der Waals surface area contributed by atoms with Gasteiger partial charge in [-0.1, -0.05) is 45.8 Å². The molecule has 13 heavy (non-hydrogen) atoms. The molecule has 0 N–H and O–H groups in total. The lowest BCUT2D eigenvalue weighted by Gasteiger charge is -2.13. The Morgan fingerprint density at radius 3 is 2.15 bits per heavy atom. The topological polar surface area (TPSA) is 17.1 Å². The van der Waals surface area contributed by atoms with Gasteiger partial charge in [0.25, 0.3) is 0 Å². The molecule has 0 aromatic rings. The lowest BCUT2D eigenvalue weighted by molar-refractivity contribution is -0.117. The van der Waals surface area contributed by atoms with E-state index in [4.69, 9.17) is 0 Å². The van der Waals surface area contributed by atoms with Crippen molar-refractivity contribution in [3.63, 3.8) is 0 Å². The maximum Gasteiger partial charge on any atom is 0.130 e. The van der Waals surface area contributed by atoms with Gasteiger partial charge in [0.15, 0.2) is 0 Å². The first-order chi connectivity index (χ1) is 5.95. The summed E-state index contributed by atoms with van der Waals surface area (Å²) in [5.74, 6) is 0.496. The predicted molar refractivity (Wildman–Crippen MR) is 61.9 cm³/mol. The van der Waals surface area contributed by atoms with Crippen molar-refractivity contribution in [1.82, 2.24) is 0 Å². The molecular weight excluding hydrogens is 176 g/mol. The van der Waals surface area contributed by atoms with Crippen LogP contribution in [0.25, 0.3) is 0 Å². The molecule has 78 valence electrons. The molecule has 0 aromatic heterocycles. The van der Waals surface area contributed by atoms with Crippen molar-refractivity contribution in [3.05, 3.63) is 0 Å². The van der Waals surface area contributed by atoms with Crippen LogP contribution in [0.4, 0.5) is 0 Å². The predicted octanol–water partition coefficient (Wildman–Crippen LogP) is 3.86. The number of hydrogen-bond donors (Lipinski definition) is 0. The van der Waals surface area contributed by atoms with Crippen LogP contribution in [0.2, 0.25) is 25.7 Å². The second kappa shape index (κ2) is 6.36. The van der Waals surface area contributed by atoms with Crippen LogP contribution in [-0.2, 0) is 4.79 Å². The van der Waals surface area contributed by atoms with Crippen LogP contribution >= 0.6 is 0 Å². The third-order valence-electron chi connectivity index (χ3n) is 2.04.